The fourth-order valence-corrected chi connectivity index (χ4v) is 2.24. The normalized spacial score (nSPS) is 34.2. The van der Waals surface area contributed by atoms with Crippen LogP contribution in [0.2, 0.25) is 0 Å². The second-order valence-electron chi connectivity index (χ2n) is 4.02. The van der Waals surface area contributed by atoms with Crippen molar-refractivity contribution in [1.29, 1.82) is 0 Å². The van der Waals surface area contributed by atoms with Gasteiger partial charge in [0.25, 0.3) is 0 Å². The molecule has 12 heavy (non-hydrogen) atoms. The molecule has 0 bridgehead atoms. The minimum Gasteiger partial charge on any atom is -0.328 e. The number of likely N-dealkylation sites (tertiary alicyclic amines) is 1. The highest BCUT2D eigenvalue weighted by Gasteiger charge is 2.25. The van der Waals surface area contributed by atoms with E-state index in [1.165, 1.54) is 45.4 Å². The first-order valence-corrected chi connectivity index (χ1v) is 5.06. The van der Waals surface area contributed by atoms with E-state index in [-0.39, 0.29) is 0 Å². The number of nitrogens with two attached hydrogens (primary N) is 1. The molecule has 1 atom stereocenters. The molecule has 0 spiro atoms. The summed E-state index contributed by atoms with van der Waals surface area (Å²) in [7, 11) is 0. The van der Waals surface area contributed by atoms with Gasteiger partial charge in [0.15, 0.2) is 0 Å². The van der Waals surface area contributed by atoms with Crippen LogP contribution in [-0.2, 0) is 0 Å². The van der Waals surface area contributed by atoms with Gasteiger partial charge in [-0.25, -0.2) is 0 Å². The topological polar surface area (TPSA) is 41.3 Å². The monoisotopic (exact) mass is 169 g/mol. The van der Waals surface area contributed by atoms with Crippen LogP contribution >= 0.6 is 0 Å². The lowest BCUT2D eigenvalue weighted by Gasteiger charge is -2.34. The highest BCUT2D eigenvalue weighted by Crippen LogP contribution is 2.15. The summed E-state index contributed by atoms with van der Waals surface area (Å²) in [6, 6.07) is 1.27. The first-order valence-electron chi connectivity index (χ1n) is 5.06. The summed E-state index contributed by atoms with van der Waals surface area (Å²) in [6.45, 7) is 4.82. The number of nitrogens with zero attached hydrogens (tertiary/aromatic N) is 1. The lowest BCUT2D eigenvalue weighted by Crippen LogP contribution is -2.45. The summed E-state index contributed by atoms with van der Waals surface area (Å²) in [5, 5.41) is 3.41. The molecule has 2 heterocycles. The lowest BCUT2D eigenvalue weighted by atomic mass is 10.0. The molecular weight excluding hydrogens is 150 g/mol. The van der Waals surface area contributed by atoms with Crippen LogP contribution in [0.15, 0.2) is 0 Å². The second-order valence-corrected chi connectivity index (χ2v) is 4.02. The minimum atomic E-state index is 0.468. The molecule has 0 amide bonds. The van der Waals surface area contributed by atoms with Gasteiger partial charge in [0.1, 0.15) is 0 Å². The summed E-state index contributed by atoms with van der Waals surface area (Å²) in [4.78, 5) is 2.60. The molecular formula is C9H19N3. The molecule has 2 aliphatic heterocycles. The Hall–Kier alpha value is -0.120. The first-order chi connectivity index (χ1) is 5.86. The Balaban J connectivity index is 1.80. The summed E-state index contributed by atoms with van der Waals surface area (Å²) >= 11 is 0. The molecule has 2 aliphatic rings. The van der Waals surface area contributed by atoms with E-state index in [9.17, 15) is 0 Å². The van der Waals surface area contributed by atoms with Gasteiger partial charge in [0, 0.05) is 18.6 Å². The molecule has 0 radical (unpaired) electrons. The van der Waals surface area contributed by atoms with Crippen LogP contribution in [0.1, 0.15) is 19.3 Å². The third-order valence-corrected chi connectivity index (χ3v) is 3.12. The number of nitrogens with one attached hydrogen (secondary N) is 1. The first kappa shape index (κ1) is 8.48. The van der Waals surface area contributed by atoms with Crippen LogP contribution < -0.4 is 11.1 Å². The third kappa shape index (κ3) is 1.79. The summed E-state index contributed by atoms with van der Waals surface area (Å²) in [5.74, 6) is 0. The maximum absolute atomic E-state index is 5.85. The zero-order valence-electron chi connectivity index (χ0n) is 7.63. The average molecular weight is 169 g/mol. The molecule has 0 unspecified atom stereocenters. The molecule has 3 N–H and O–H groups in total. The highest BCUT2D eigenvalue weighted by molar-refractivity contribution is 4.84. The van der Waals surface area contributed by atoms with E-state index in [2.05, 4.69) is 10.2 Å². The smallest absolute Gasteiger partial charge is 0.0232 e. The maximum Gasteiger partial charge on any atom is 0.0232 e. The van der Waals surface area contributed by atoms with E-state index in [1.54, 1.807) is 0 Å². The summed E-state index contributed by atoms with van der Waals surface area (Å²) in [5.41, 5.74) is 5.85. The number of hydrogen-bond acceptors (Lipinski definition) is 3. The molecule has 0 aliphatic carbocycles. The molecule has 3 heteroatoms. The molecule has 2 rings (SSSR count). The Morgan fingerprint density at radius 1 is 1.17 bits per heavy atom. The predicted octanol–water partition coefficient (Wildman–Crippen LogP) is -0.229. The van der Waals surface area contributed by atoms with Crippen molar-refractivity contribution < 1.29 is 0 Å². The standard InChI is InChI=1S/C9H19N3/c10-8-2-5-12(6-3-8)9-1-4-11-7-9/h8-9,11H,1-7,10H2/t9-/m0/s1. The van der Waals surface area contributed by atoms with Gasteiger partial charge in [-0.15, -0.1) is 0 Å². The third-order valence-electron chi connectivity index (χ3n) is 3.12. The average Bonchev–Trinajstić information content (AvgIpc) is 2.58. The van der Waals surface area contributed by atoms with Crippen molar-refractivity contribution in [2.24, 2.45) is 5.73 Å². The van der Waals surface area contributed by atoms with Gasteiger partial charge in [0.05, 0.1) is 0 Å². The molecule has 70 valence electrons. The van der Waals surface area contributed by atoms with Crippen molar-refractivity contribution in [3.8, 4) is 0 Å². The largest absolute Gasteiger partial charge is 0.328 e. The van der Waals surface area contributed by atoms with Crippen molar-refractivity contribution in [3.63, 3.8) is 0 Å². The van der Waals surface area contributed by atoms with Gasteiger partial charge in [-0.3, -0.25) is 4.90 Å². The van der Waals surface area contributed by atoms with Gasteiger partial charge >= 0.3 is 0 Å². The molecule has 0 saturated carbocycles. The zero-order chi connectivity index (χ0) is 8.39. The van der Waals surface area contributed by atoms with Crippen LogP contribution in [0.5, 0.6) is 0 Å². The van der Waals surface area contributed by atoms with E-state index in [0.29, 0.717) is 6.04 Å². The summed E-state index contributed by atoms with van der Waals surface area (Å²) < 4.78 is 0. The van der Waals surface area contributed by atoms with Gasteiger partial charge < -0.3 is 11.1 Å². The fraction of sp³-hybridized carbons (Fsp3) is 1.00. The van der Waals surface area contributed by atoms with Gasteiger partial charge in [0.2, 0.25) is 0 Å². The number of piperidine rings is 1. The van der Waals surface area contributed by atoms with Crippen LogP contribution in [0.3, 0.4) is 0 Å². The second kappa shape index (κ2) is 3.73. The zero-order valence-corrected chi connectivity index (χ0v) is 7.63. The maximum atomic E-state index is 5.85. The predicted molar refractivity (Wildman–Crippen MR) is 50.1 cm³/mol. The van der Waals surface area contributed by atoms with E-state index < -0.39 is 0 Å². The number of rotatable bonds is 1. The minimum absolute atomic E-state index is 0.468. The Kier molecular flexibility index (Phi) is 2.63. The SMILES string of the molecule is NC1CCN([C@H]2CCNC2)CC1. The summed E-state index contributed by atoms with van der Waals surface area (Å²) in [6.07, 6.45) is 3.71. The molecule has 0 aromatic rings. The Bertz CT molecular complexity index is 135. The molecule has 2 fully saturated rings. The van der Waals surface area contributed by atoms with Crippen molar-refractivity contribution in [2.45, 2.75) is 31.3 Å². The van der Waals surface area contributed by atoms with E-state index in [4.69, 9.17) is 5.73 Å². The van der Waals surface area contributed by atoms with E-state index >= 15 is 0 Å². The van der Waals surface area contributed by atoms with E-state index in [0.717, 1.165) is 6.04 Å². The Morgan fingerprint density at radius 3 is 2.50 bits per heavy atom. The van der Waals surface area contributed by atoms with Crippen molar-refractivity contribution in [1.82, 2.24) is 10.2 Å². The molecule has 3 nitrogen and oxygen atoms in total. The van der Waals surface area contributed by atoms with Crippen LogP contribution in [0.25, 0.3) is 0 Å². The van der Waals surface area contributed by atoms with Crippen LogP contribution in [-0.4, -0.2) is 43.2 Å². The van der Waals surface area contributed by atoms with Crippen molar-refractivity contribution in [3.05, 3.63) is 0 Å². The quantitative estimate of drug-likeness (QED) is 0.570. The molecule has 0 aromatic heterocycles. The van der Waals surface area contributed by atoms with Crippen molar-refractivity contribution >= 4 is 0 Å². The van der Waals surface area contributed by atoms with Gasteiger partial charge in [-0.05, 0) is 38.9 Å². The van der Waals surface area contributed by atoms with Crippen LogP contribution in [0, 0.1) is 0 Å². The number of hydrogen-bond donors (Lipinski definition) is 2. The lowest BCUT2D eigenvalue weighted by molar-refractivity contribution is 0.162. The molecule has 2 saturated heterocycles. The van der Waals surface area contributed by atoms with E-state index in [1.807, 2.05) is 0 Å². The highest BCUT2D eigenvalue weighted by atomic mass is 15.2. The Morgan fingerprint density at radius 2 is 1.92 bits per heavy atom. The molecule has 0 aromatic carbocycles. The van der Waals surface area contributed by atoms with Crippen LogP contribution in [0.4, 0.5) is 0 Å². The Labute approximate surface area is 74.3 Å². The fourth-order valence-electron chi connectivity index (χ4n) is 2.24. The van der Waals surface area contributed by atoms with Gasteiger partial charge in [-0.2, -0.15) is 0 Å². The van der Waals surface area contributed by atoms with Gasteiger partial charge in [-0.1, -0.05) is 0 Å². The van der Waals surface area contributed by atoms with Crippen molar-refractivity contribution in [2.75, 3.05) is 26.2 Å².